The molecule has 132 valence electrons. The summed E-state index contributed by atoms with van der Waals surface area (Å²) in [5, 5.41) is 0. The highest BCUT2D eigenvalue weighted by Gasteiger charge is 2.28. The first-order chi connectivity index (χ1) is 11.5. The Balaban J connectivity index is 1.71. The summed E-state index contributed by atoms with van der Waals surface area (Å²) in [4.78, 5) is 12.6. The molecule has 0 heterocycles. The lowest BCUT2D eigenvalue weighted by Gasteiger charge is -2.20. The lowest BCUT2D eigenvalue weighted by atomic mass is 9.90. The summed E-state index contributed by atoms with van der Waals surface area (Å²) in [6.07, 6.45) is 5.62. The van der Waals surface area contributed by atoms with Crippen LogP contribution in [0.1, 0.15) is 57.4 Å². The molecule has 2 N–H and O–H groups in total. The zero-order chi connectivity index (χ0) is 17.1. The minimum atomic E-state index is -0.243. The Hall–Kier alpha value is -1.71. The lowest BCUT2D eigenvalue weighted by molar-refractivity contribution is -0.146. The number of nitrogen functional groups attached to an aromatic ring is 1. The Morgan fingerprint density at radius 3 is 2.46 bits per heavy atom. The second-order valence-corrected chi connectivity index (χ2v) is 7.81. The van der Waals surface area contributed by atoms with E-state index in [0.717, 1.165) is 12.0 Å². The number of hydrogen-bond acceptors (Lipinski definition) is 4. The van der Waals surface area contributed by atoms with Crippen molar-refractivity contribution < 1.29 is 14.3 Å². The molecule has 0 saturated heterocycles. The van der Waals surface area contributed by atoms with Gasteiger partial charge in [0.15, 0.2) is 0 Å². The topological polar surface area (TPSA) is 61.5 Å². The standard InChI is InChI=1S/C20H29NO3/c1-13(2)9-17(20(22)24-12-15-5-6-15)16-7-8-18(21)19(10-16)23-11-14-3-4-14/h7-8,10,13-15,17H,3-6,9,11-12,21H2,1-2H3. The lowest BCUT2D eigenvalue weighted by Crippen LogP contribution is -2.19. The summed E-state index contributed by atoms with van der Waals surface area (Å²) in [5.74, 6) is 2.00. The van der Waals surface area contributed by atoms with Crippen molar-refractivity contribution in [1.82, 2.24) is 0 Å². The smallest absolute Gasteiger partial charge is 0.313 e. The third-order valence-electron chi connectivity index (χ3n) is 4.76. The van der Waals surface area contributed by atoms with Gasteiger partial charge in [-0.1, -0.05) is 19.9 Å². The number of esters is 1. The van der Waals surface area contributed by atoms with Gasteiger partial charge < -0.3 is 15.2 Å². The van der Waals surface area contributed by atoms with Gasteiger partial charge in [0.05, 0.1) is 24.8 Å². The molecule has 0 bridgehead atoms. The molecule has 1 unspecified atom stereocenters. The predicted molar refractivity (Wildman–Crippen MR) is 95.0 cm³/mol. The highest BCUT2D eigenvalue weighted by molar-refractivity contribution is 5.79. The van der Waals surface area contributed by atoms with Gasteiger partial charge in [0.2, 0.25) is 0 Å². The van der Waals surface area contributed by atoms with Gasteiger partial charge in [-0.3, -0.25) is 4.79 Å². The third-order valence-corrected chi connectivity index (χ3v) is 4.76. The van der Waals surface area contributed by atoms with Crippen LogP contribution in [-0.2, 0) is 9.53 Å². The van der Waals surface area contributed by atoms with E-state index in [9.17, 15) is 4.79 Å². The molecule has 24 heavy (non-hydrogen) atoms. The fourth-order valence-corrected chi connectivity index (χ4v) is 2.81. The van der Waals surface area contributed by atoms with Crippen molar-refractivity contribution in [1.29, 1.82) is 0 Å². The van der Waals surface area contributed by atoms with Gasteiger partial charge in [0.1, 0.15) is 5.75 Å². The molecule has 4 heteroatoms. The number of rotatable bonds is 9. The third kappa shape index (κ3) is 4.89. The minimum absolute atomic E-state index is 0.117. The molecule has 2 fully saturated rings. The molecule has 1 aromatic carbocycles. The first-order valence-corrected chi connectivity index (χ1v) is 9.21. The van der Waals surface area contributed by atoms with Crippen LogP contribution >= 0.6 is 0 Å². The van der Waals surface area contributed by atoms with Crippen molar-refractivity contribution in [2.24, 2.45) is 17.8 Å². The summed E-state index contributed by atoms with van der Waals surface area (Å²) in [5.41, 5.74) is 7.62. The van der Waals surface area contributed by atoms with Crippen LogP contribution in [0.25, 0.3) is 0 Å². The van der Waals surface area contributed by atoms with Crippen LogP contribution in [0.15, 0.2) is 18.2 Å². The largest absolute Gasteiger partial charge is 0.491 e. The van der Waals surface area contributed by atoms with Crippen molar-refractivity contribution in [2.45, 2.75) is 51.9 Å². The molecule has 1 aromatic rings. The molecule has 0 aliphatic heterocycles. The minimum Gasteiger partial charge on any atom is -0.491 e. The average molecular weight is 331 g/mol. The van der Waals surface area contributed by atoms with Gasteiger partial charge in [-0.2, -0.15) is 0 Å². The molecule has 0 amide bonds. The van der Waals surface area contributed by atoms with E-state index in [0.29, 0.717) is 42.4 Å². The van der Waals surface area contributed by atoms with Gasteiger partial charge in [-0.15, -0.1) is 0 Å². The van der Waals surface area contributed by atoms with Crippen LogP contribution < -0.4 is 10.5 Å². The van der Waals surface area contributed by atoms with E-state index < -0.39 is 0 Å². The second-order valence-electron chi connectivity index (χ2n) is 7.81. The number of ether oxygens (including phenoxy) is 2. The maximum atomic E-state index is 12.6. The van der Waals surface area contributed by atoms with Crippen LogP contribution in [0.5, 0.6) is 5.75 Å². The van der Waals surface area contributed by atoms with E-state index in [2.05, 4.69) is 13.8 Å². The highest BCUT2D eigenvalue weighted by atomic mass is 16.5. The zero-order valence-corrected chi connectivity index (χ0v) is 14.8. The van der Waals surface area contributed by atoms with Gasteiger partial charge >= 0.3 is 5.97 Å². The van der Waals surface area contributed by atoms with Gasteiger partial charge in [0.25, 0.3) is 0 Å². The molecule has 0 aromatic heterocycles. The molecular formula is C20H29NO3. The molecular weight excluding hydrogens is 302 g/mol. The molecule has 3 rings (SSSR count). The first kappa shape index (κ1) is 17.1. The summed E-state index contributed by atoms with van der Waals surface area (Å²) < 4.78 is 11.4. The van der Waals surface area contributed by atoms with E-state index in [1.54, 1.807) is 0 Å². The molecule has 0 spiro atoms. The van der Waals surface area contributed by atoms with Crippen molar-refractivity contribution in [3.05, 3.63) is 23.8 Å². The molecule has 1 atom stereocenters. The van der Waals surface area contributed by atoms with Gasteiger partial charge in [-0.25, -0.2) is 0 Å². The summed E-state index contributed by atoms with van der Waals surface area (Å²) in [6, 6.07) is 5.72. The molecule has 0 radical (unpaired) electrons. The fourth-order valence-electron chi connectivity index (χ4n) is 2.81. The van der Waals surface area contributed by atoms with Crippen molar-refractivity contribution >= 4 is 11.7 Å². The quantitative estimate of drug-likeness (QED) is 0.546. The predicted octanol–water partition coefficient (Wildman–Crippen LogP) is 4.14. The number of hydrogen-bond donors (Lipinski definition) is 1. The summed E-state index contributed by atoms with van der Waals surface area (Å²) in [6.45, 7) is 5.54. The molecule has 2 aliphatic rings. The molecule has 4 nitrogen and oxygen atoms in total. The number of nitrogens with two attached hydrogens (primary N) is 1. The van der Waals surface area contributed by atoms with Crippen LogP contribution in [-0.4, -0.2) is 19.2 Å². The average Bonchev–Trinajstić information content (AvgIpc) is 3.44. The maximum Gasteiger partial charge on any atom is 0.313 e. The SMILES string of the molecule is CC(C)CC(C(=O)OCC1CC1)c1ccc(N)c(OCC2CC2)c1. The van der Waals surface area contributed by atoms with E-state index in [4.69, 9.17) is 15.2 Å². The maximum absolute atomic E-state index is 12.6. The Labute approximate surface area is 144 Å². The van der Waals surface area contributed by atoms with Crippen LogP contribution in [0.3, 0.4) is 0 Å². The monoisotopic (exact) mass is 331 g/mol. The zero-order valence-electron chi connectivity index (χ0n) is 14.8. The first-order valence-electron chi connectivity index (χ1n) is 9.21. The van der Waals surface area contributed by atoms with Gasteiger partial charge in [-0.05, 0) is 67.6 Å². The number of carbonyl (C=O) groups excluding carboxylic acids is 1. The van der Waals surface area contributed by atoms with E-state index in [1.165, 1.54) is 25.7 Å². The van der Waals surface area contributed by atoms with Crippen molar-refractivity contribution in [3.63, 3.8) is 0 Å². The van der Waals surface area contributed by atoms with Crippen LogP contribution in [0.4, 0.5) is 5.69 Å². The van der Waals surface area contributed by atoms with Gasteiger partial charge in [0, 0.05) is 0 Å². The number of benzene rings is 1. The molecule has 2 aliphatic carbocycles. The Kier molecular flexibility index (Phi) is 5.32. The van der Waals surface area contributed by atoms with E-state index >= 15 is 0 Å². The van der Waals surface area contributed by atoms with E-state index in [1.807, 2.05) is 18.2 Å². The Bertz CT molecular complexity index is 576. The van der Waals surface area contributed by atoms with E-state index in [-0.39, 0.29) is 11.9 Å². The summed E-state index contributed by atoms with van der Waals surface area (Å²) >= 11 is 0. The Morgan fingerprint density at radius 1 is 1.17 bits per heavy atom. The normalized spacial score (nSPS) is 18.5. The number of anilines is 1. The van der Waals surface area contributed by atoms with Crippen LogP contribution in [0, 0.1) is 17.8 Å². The highest BCUT2D eigenvalue weighted by Crippen LogP contribution is 2.35. The summed E-state index contributed by atoms with van der Waals surface area (Å²) in [7, 11) is 0. The Morgan fingerprint density at radius 2 is 1.83 bits per heavy atom. The van der Waals surface area contributed by atoms with Crippen molar-refractivity contribution in [2.75, 3.05) is 18.9 Å². The second kappa shape index (κ2) is 7.45. The van der Waals surface area contributed by atoms with Crippen LogP contribution in [0.2, 0.25) is 0 Å². The number of carbonyl (C=O) groups is 1. The fraction of sp³-hybridized carbons (Fsp3) is 0.650. The molecule has 2 saturated carbocycles. The van der Waals surface area contributed by atoms with Crippen molar-refractivity contribution in [3.8, 4) is 5.75 Å².